The van der Waals surface area contributed by atoms with Crippen molar-refractivity contribution in [1.82, 2.24) is 0 Å². The molecule has 0 aromatic heterocycles. The molecule has 2 heteroatoms. The Bertz CT molecular complexity index is 214. The molecule has 10 heavy (non-hydrogen) atoms. The van der Waals surface area contributed by atoms with Crippen LogP contribution in [0.3, 0.4) is 0 Å². The van der Waals surface area contributed by atoms with Crippen LogP contribution < -0.4 is 0 Å². The first-order valence-corrected chi connectivity index (χ1v) is 5.19. The Hall–Kier alpha value is 0.660. The predicted octanol–water partition coefficient (Wildman–Crippen LogP) is 1.63. The second-order valence-corrected chi connectivity index (χ2v) is 6.68. The molecule has 0 saturated heterocycles. The molecule has 0 heterocycles. The highest BCUT2D eigenvalue weighted by Gasteiger charge is 3.10. The van der Waals surface area contributed by atoms with Gasteiger partial charge in [0.1, 0.15) is 5.67 Å². The van der Waals surface area contributed by atoms with Gasteiger partial charge in [-0.05, 0) is 17.8 Å². The summed E-state index contributed by atoms with van der Waals surface area (Å²) < 4.78 is 14.3. The van der Waals surface area contributed by atoms with Crippen molar-refractivity contribution in [1.29, 1.82) is 0 Å². The van der Waals surface area contributed by atoms with Crippen LogP contribution in [0.5, 0.6) is 0 Å². The summed E-state index contributed by atoms with van der Waals surface area (Å²) >= 11 is 2.62. The molecule has 0 spiro atoms. The van der Waals surface area contributed by atoms with Crippen LogP contribution in [-0.4, -0.2) is 9.09 Å². The molecule has 0 amide bonds. The Morgan fingerprint density at radius 1 is 0.900 bits per heavy atom. The molecule has 0 unspecified atom stereocenters. The summed E-state index contributed by atoms with van der Waals surface area (Å²) in [5, 5.41) is 0. The van der Waals surface area contributed by atoms with E-state index < -0.39 is 5.67 Å². The lowest BCUT2D eigenvalue weighted by atomic mass is 9.00. The van der Waals surface area contributed by atoms with Gasteiger partial charge in [-0.1, -0.05) is 22.6 Å². The van der Waals surface area contributed by atoms with Crippen molar-refractivity contribution in [3.05, 3.63) is 0 Å². The largest absolute Gasteiger partial charge is 0.243 e. The van der Waals surface area contributed by atoms with Crippen molar-refractivity contribution in [2.75, 3.05) is 0 Å². The first-order valence-electron chi connectivity index (χ1n) is 4.11. The molecule has 6 aliphatic carbocycles. The summed E-state index contributed by atoms with van der Waals surface area (Å²) in [5.41, 5.74) is -0.563. The highest BCUT2D eigenvalue weighted by atomic mass is 127. The smallest absolute Gasteiger partial charge is 0.121 e. The molecule has 0 N–H and O–H groups in total. The number of halogens is 2. The summed E-state index contributed by atoms with van der Waals surface area (Å²) in [6.45, 7) is 0. The van der Waals surface area contributed by atoms with Gasteiger partial charge in [0.05, 0.1) is 0 Å². The summed E-state index contributed by atoms with van der Waals surface area (Å²) in [6.07, 6.45) is 0. The highest BCUT2D eigenvalue weighted by Crippen LogP contribution is 3.06. The Balaban J connectivity index is 1.87. The average molecular weight is 248 g/mol. The van der Waals surface area contributed by atoms with E-state index in [-0.39, 0.29) is 0 Å². The van der Waals surface area contributed by atoms with Gasteiger partial charge in [0.2, 0.25) is 0 Å². The van der Waals surface area contributed by atoms with Crippen LogP contribution in [0.25, 0.3) is 0 Å². The van der Waals surface area contributed by atoms with E-state index in [2.05, 4.69) is 22.6 Å². The minimum absolute atomic E-state index is 0.563. The van der Waals surface area contributed by atoms with Gasteiger partial charge < -0.3 is 0 Å². The molecule has 6 rings (SSSR count). The summed E-state index contributed by atoms with van der Waals surface area (Å²) in [6, 6.07) is 0. The lowest BCUT2D eigenvalue weighted by molar-refractivity contribution is -0.580. The summed E-state index contributed by atoms with van der Waals surface area (Å²) in [7, 11) is 0. The first kappa shape index (κ1) is 4.63. The third-order valence-corrected chi connectivity index (χ3v) is 7.54. The Labute approximate surface area is 71.7 Å². The normalized spacial score (nSPS) is 104. The van der Waals surface area contributed by atoms with Crippen molar-refractivity contribution in [2.45, 2.75) is 9.09 Å². The Morgan fingerprint density at radius 3 is 1.60 bits per heavy atom. The lowest BCUT2D eigenvalue weighted by Gasteiger charge is -3.07. The second-order valence-electron chi connectivity index (χ2n) is 4.81. The van der Waals surface area contributed by atoms with E-state index in [0.717, 1.165) is 17.8 Å². The summed E-state index contributed by atoms with van der Waals surface area (Å²) in [4.78, 5) is 0. The van der Waals surface area contributed by atoms with Crippen LogP contribution in [0, 0.1) is 35.5 Å². The van der Waals surface area contributed by atoms with Gasteiger partial charge in [-0.2, -0.15) is 0 Å². The average Bonchev–Trinajstić information content (AvgIpc) is 1.99. The molecule has 0 bridgehead atoms. The van der Waals surface area contributed by atoms with E-state index in [0.29, 0.717) is 21.2 Å². The van der Waals surface area contributed by atoms with E-state index in [1.807, 2.05) is 0 Å². The number of hydrogen-bond donors (Lipinski definition) is 0. The maximum atomic E-state index is 13.6. The standard InChI is InChI=1S/C8H6FI/c9-7-1-4-2(7)6-3(7)5(1)8(4,6)10/h1-6H. The molecule has 0 aliphatic heterocycles. The Kier molecular flexibility index (Phi) is 0.357. The van der Waals surface area contributed by atoms with Gasteiger partial charge in [0, 0.05) is 21.2 Å². The predicted molar refractivity (Wildman–Crippen MR) is 41.5 cm³/mol. The van der Waals surface area contributed by atoms with Crippen molar-refractivity contribution in [2.24, 2.45) is 35.5 Å². The van der Waals surface area contributed by atoms with Crippen molar-refractivity contribution in [3.8, 4) is 0 Å². The number of alkyl halides is 2. The quantitative estimate of drug-likeness (QED) is 0.451. The number of rotatable bonds is 0. The van der Waals surface area contributed by atoms with E-state index >= 15 is 0 Å². The van der Waals surface area contributed by atoms with Crippen LogP contribution in [0.15, 0.2) is 0 Å². The molecule has 0 aromatic rings. The van der Waals surface area contributed by atoms with Crippen molar-refractivity contribution < 1.29 is 4.39 Å². The molecule has 52 valence electrons. The van der Waals surface area contributed by atoms with E-state index in [1.165, 1.54) is 0 Å². The zero-order valence-electron chi connectivity index (χ0n) is 5.22. The van der Waals surface area contributed by atoms with Crippen LogP contribution >= 0.6 is 22.6 Å². The van der Waals surface area contributed by atoms with Crippen molar-refractivity contribution in [3.63, 3.8) is 0 Å². The SMILES string of the molecule is FC12C3C4C1C1C2C3C41I. The molecule has 6 aliphatic rings. The van der Waals surface area contributed by atoms with Gasteiger partial charge in [-0.25, -0.2) is 4.39 Å². The van der Waals surface area contributed by atoms with Crippen LogP contribution in [0.4, 0.5) is 4.39 Å². The van der Waals surface area contributed by atoms with Gasteiger partial charge in [-0.15, -0.1) is 0 Å². The van der Waals surface area contributed by atoms with Gasteiger partial charge >= 0.3 is 0 Å². The maximum absolute atomic E-state index is 13.6. The molecular formula is C8H6FI. The third kappa shape index (κ3) is 0.138. The van der Waals surface area contributed by atoms with E-state index in [1.54, 1.807) is 0 Å². The zero-order valence-corrected chi connectivity index (χ0v) is 7.38. The summed E-state index contributed by atoms with van der Waals surface area (Å²) in [5.74, 6) is 4.30. The fourth-order valence-corrected chi connectivity index (χ4v) is 7.59. The van der Waals surface area contributed by atoms with Crippen LogP contribution in [0.1, 0.15) is 0 Å². The molecule has 6 saturated carbocycles. The van der Waals surface area contributed by atoms with Gasteiger partial charge in [0.15, 0.2) is 0 Å². The van der Waals surface area contributed by atoms with Crippen molar-refractivity contribution >= 4 is 22.6 Å². The van der Waals surface area contributed by atoms with Crippen LogP contribution in [0.2, 0.25) is 0 Å². The Morgan fingerprint density at radius 2 is 1.30 bits per heavy atom. The fourth-order valence-electron chi connectivity index (χ4n) is 5.26. The molecule has 0 nitrogen and oxygen atoms in total. The topological polar surface area (TPSA) is 0 Å². The zero-order chi connectivity index (χ0) is 6.46. The lowest BCUT2D eigenvalue weighted by Crippen LogP contribution is -3.13. The monoisotopic (exact) mass is 248 g/mol. The molecule has 0 aromatic carbocycles. The van der Waals surface area contributed by atoms with Gasteiger partial charge in [0.25, 0.3) is 0 Å². The number of hydrogen-bond acceptors (Lipinski definition) is 0. The minimum atomic E-state index is -0.563. The maximum Gasteiger partial charge on any atom is 0.121 e. The molecule has 0 radical (unpaired) electrons. The first-order chi connectivity index (χ1) is 4.73. The molecule has 6 fully saturated rings. The highest BCUT2D eigenvalue weighted by molar-refractivity contribution is 14.1. The molecule has 0 atom stereocenters. The molecular weight excluding hydrogens is 242 g/mol. The van der Waals surface area contributed by atoms with Gasteiger partial charge in [-0.3, -0.25) is 0 Å². The van der Waals surface area contributed by atoms with Crippen LogP contribution in [-0.2, 0) is 0 Å². The van der Waals surface area contributed by atoms with E-state index in [4.69, 9.17) is 0 Å². The van der Waals surface area contributed by atoms with E-state index in [9.17, 15) is 4.39 Å². The second kappa shape index (κ2) is 0.771. The third-order valence-electron chi connectivity index (χ3n) is 5.39. The fraction of sp³-hybridized carbons (Fsp3) is 1.00. The minimum Gasteiger partial charge on any atom is -0.243 e.